The molecule has 2 aromatic carbocycles. The zero-order valence-corrected chi connectivity index (χ0v) is 20.3. The van der Waals surface area contributed by atoms with Gasteiger partial charge in [0.25, 0.3) is 0 Å². The van der Waals surface area contributed by atoms with Crippen molar-refractivity contribution in [3.8, 4) is 11.5 Å². The van der Waals surface area contributed by atoms with Crippen LogP contribution in [0.15, 0.2) is 48.6 Å². The molecule has 0 spiro atoms. The fourth-order valence-electron chi connectivity index (χ4n) is 3.84. The molecular formula is C27H29NO4S. The van der Waals surface area contributed by atoms with E-state index in [0.717, 1.165) is 51.7 Å². The van der Waals surface area contributed by atoms with Crippen LogP contribution in [0.2, 0.25) is 0 Å². The first-order valence-electron chi connectivity index (χ1n) is 11.1. The molecule has 0 N–H and O–H groups in total. The summed E-state index contributed by atoms with van der Waals surface area (Å²) >= 11 is 5.90. The second-order valence-corrected chi connectivity index (χ2v) is 9.28. The SMILES string of the molecule is COC(=O)/C=C/c1cccc(N(Cc2ccc3c(c2OC)OC(C)(C)C=C3)C(=S)C2CC2)c1. The van der Waals surface area contributed by atoms with E-state index in [2.05, 4.69) is 29.2 Å². The summed E-state index contributed by atoms with van der Waals surface area (Å²) in [5.74, 6) is 1.52. The Bertz CT molecular complexity index is 1130. The van der Waals surface area contributed by atoms with Crippen LogP contribution in [0.3, 0.4) is 0 Å². The molecule has 2 aromatic rings. The average molecular weight is 464 g/mol. The average Bonchev–Trinajstić information content (AvgIpc) is 3.65. The summed E-state index contributed by atoms with van der Waals surface area (Å²) in [4.78, 5) is 14.6. The number of rotatable bonds is 7. The highest BCUT2D eigenvalue weighted by Crippen LogP contribution is 2.42. The van der Waals surface area contributed by atoms with Crippen molar-refractivity contribution in [2.45, 2.75) is 38.8 Å². The molecule has 172 valence electrons. The number of esters is 1. The van der Waals surface area contributed by atoms with Crippen molar-refractivity contribution in [3.05, 3.63) is 65.2 Å². The van der Waals surface area contributed by atoms with Gasteiger partial charge >= 0.3 is 5.97 Å². The number of carbonyl (C=O) groups excluding carboxylic acids is 1. The maximum Gasteiger partial charge on any atom is 0.330 e. The van der Waals surface area contributed by atoms with Gasteiger partial charge in [0.1, 0.15) is 5.60 Å². The zero-order chi connectivity index (χ0) is 23.6. The summed E-state index contributed by atoms with van der Waals surface area (Å²) in [5, 5.41) is 0. The monoisotopic (exact) mass is 463 g/mol. The lowest BCUT2D eigenvalue weighted by Crippen LogP contribution is -2.31. The molecule has 0 atom stereocenters. The Labute approximate surface area is 200 Å². The third-order valence-corrected chi connectivity index (χ3v) is 6.33. The van der Waals surface area contributed by atoms with E-state index in [1.54, 1.807) is 13.2 Å². The Hall–Kier alpha value is -3.12. The minimum Gasteiger partial charge on any atom is -0.492 e. The van der Waals surface area contributed by atoms with Gasteiger partial charge in [0, 0.05) is 28.8 Å². The van der Waals surface area contributed by atoms with Crippen molar-refractivity contribution in [1.29, 1.82) is 0 Å². The highest BCUT2D eigenvalue weighted by Gasteiger charge is 2.32. The quantitative estimate of drug-likeness (QED) is 0.293. The minimum absolute atomic E-state index is 0.387. The molecule has 1 heterocycles. The van der Waals surface area contributed by atoms with Crippen LogP contribution in [0.4, 0.5) is 5.69 Å². The number of ether oxygens (including phenoxy) is 3. The summed E-state index contributed by atoms with van der Waals surface area (Å²) in [6, 6.07) is 12.1. The van der Waals surface area contributed by atoms with E-state index >= 15 is 0 Å². The fourth-order valence-corrected chi connectivity index (χ4v) is 4.24. The number of nitrogens with zero attached hydrogens (tertiary/aromatic N) is 1. The Balaban J connectivity index is 1.69. The summed E-state index contributed by atoms with van der Waals surface area (Å²) in [5.41, 5.74) is 3.47. The number of methoxy groups -OCH3 is 2. The maximum atomic E-state index is 11.5. The lowest BCUT2D eigenvalue weighted by atomic mass is 9.99. The molecule has 1 saturated carbocycles. The van der Waals surface area contributed by atoms with Gasteiger partial charge in [-0.3, -0.25) is 0 Å². The van der Waals surface area contributed by atoms with Crippen LogP contribution < -0.4 is 14.4 Å². The van der Waals surface area contributed by atoms with Crippen LogP contribution in [0.5, 0.6) is 11.5 Å². The van der Waals surface area contributed by atoms with Gasteiger partial charge in [-0.2, -0.15) is 0 Å². The Morgan fingerprint density at radius 2 is 2.03 bits per heavy atom. The first-order valence-corrected chi connectivity index (χ1v) is 11.5. The second-order valence-electron chi connectivity index (χ2n) is 8.87. The van der Waals surface area contributed by atoms with Crippen molar-refractivity contribution in [2.24, 2.45) is 5.92 Å². The van der Waals surface area contributed by atoms with E-state index in [1.165, 1.54) is 13.2 Å². The Morgan fingerprint density at radius 1 is 1.24 bits per heavy atom. The molecule has 0 amide bonds. The number of hydrogen-bond donors (Lipinski definition) is 0. The molecule has 0 saturated heterocycles. The topological polar surface area (TPSA) is 48.0 Å². The summed E-state index contributed by atoms with van der Waals surface area (Å²) in [6.45, 7) is 4.62. The first-order chi connectivity index (χ1) is 15.8. The summed E-state index contributed by atoms with van der Waals surface area (Å²) in [7, 11) is 3.04. The van der Waals surface area contributed by atoms with Gasteiger partial charge in [-0.25, -0.2) is 4.79 Å². The van der Waals surface area contributed by atoms with Crippen LogP contribution in [0, 0.1) is 5.92 Å². The number of hydrogen-bond acceptors (Lipinski definition) is 5. The van der Waals surface area contributed by atoms with Crippen LogP contribution in [0.1, 0.15) is 43.4 Å². The third-order valence-electron chi connectivity index (χ3n) is 5.77. The van der Waals surface area contributed by atoms with E-state index in [-0.39, 0.29) is 5.97 Å². The van der Waals surface area contributed by atoms with E-state index in [0.29, 0.717) is 12.5 Å². The number of benzene rings is 2. The number of thiocarbonyl (C=S) groups is 1. The van der Waals surface area contributed by atoms with Crippen molar-refractivity contribution in [1.82, 2.24) is 0 Å². The highest BCUT2D eigenvalue weighted by atomic mass is 32.1. The molecule has 4 rings (SSSR count). The molecule has 6 heteroatoms. The zero-order valence-electron chi connectivity index (χ0n) is 19.5. The van der Waals surface area contributed by atoms with E-state index in [1.807, 2.05) is 38.1 Å². The Morgan fingerprint density at radius 3 is 2.73 bits per heavy atom. The Kier molecular flexibility index (Phi) is 6.56. The fraction of sp³-hybridized carbons (Fsp3) is 0.333. The predicted molar refractivity (Wildman–Crippen MR) is 136 cm³/mol. The number of carbonyl (C=O) groups is 1. The van der Waals surface area contributed by atoms with E-state index < -0.39 is 5.60 Å². The van der Waals surface area contributed by atoms with Crippen LogP contribution in [-0.2, 0) is 16.1 Å². The molecule has 0 aromatic heterocycles. The molecule has 1 aliphatic heterocycles. The molecule has 0 radical (unpaired) electrons. The van der Waals surface area contributed by atoms with E-state index in [9.17, 15) is 4.79 Å². The van der Waals surface area contributed by atoms with Gasteiger partial charge in [0.2, 0.25) is 0 Å². The maximum absolute atomic E-state index is 11.5. The van der Waals surface area contributed by atoms with Gasteiger partial charge in [-0.15, -0.1) is 0 Å². The molecule has 33 heavy (non-hydrogen) atoms. The van der Waals surface area contributed by atoms with Crippen molar-refractivity contribution in [3.63, 3.8) is 0 Å². The molecule has 0 unspecified atom stereocenters. The molecular weight excluding hydrogens is 434 g/mol. The molecule has 1 fully saturated rings. The lowest BCUT2D eigenvalue weighted by Gasteiger charge is -2.31. The minimum atomic E-state index is -0.401. The van der Waals surface area contributed by atoms with Crippen molar-refractivity contribution >= 4 is 41.0 Å². The number of anilines is 1. The van der Waals surface area contributed by atoms with Crippen molar-refractivity contribution in [2.75, 3.05) is 19.1 Å². The van der Waals surface area contributed by atoms with Gasteiger partial charge in [0.05, 0.1) is 25.8 Å². The third kappa shape index (κ3) is 5.28. The predicted octanol–water partition coefficient (Wildman–Crippen LogP) is 5.81. The number of fused-ring (bicyclic) bond motifs is 1. The lowest BCUT2D eigenvalue weighted by molar-refractivity contribution is -0.134. The van der Waals surface area contributed by atoms with Crippen molar-refractivity contribution < 1.29 is 19.0 Å². The van der Waals surface area contributed by atoms with Crippen LogP contribution >= 0.6 is 12.2 Å². The van der Waals surface area contributed by atoms with Gasteiger partial charge in [-0.05, 0) is 56.5 Å². The largest absolute Gasteiger partial charge is 0.492 e. The molecule has 1 aliphatic carbocycles. The molecule has 0 bridgehead atoms. The summed E-state index contributed by atoms with van der Waals surface area (Å²) < 4.78 is 16.8. The smallest absolute Gasteiger partial charge is 0.330 e. The van der Waals surface area contributed by atoms with Gasteiger partial charge in [-0.1, -0.05) is 42.6 Å². The highest BCUT2D eigenvalue weighted by molar-refractivity contribution is 7.80. The van der Waals surface area contributed by atoms with Crippen LogP contribution in [-0.4, -0.2) is 30.8 Å². The molecule has 2 aliphatic rings. The van der Waals surface area contributed by atoms with Gasteiger partial charge < -0.3 is 19.1 Å². The second kappa shape index (κ2) is 9.40. The normalized spacial score (nSPS) is 16.1. The standard InChI is InChI=1S/C27H29NO4S/c1-27(2)15-14-19-9-12-21(24(31-4)25(19)32-27)17-28(26(33)20-10-11-20)22-7-5-6-18(16-22)8-13-23(29)30-3/h5-9,12-16,20H,10-11,17H2,1-4H3/b13-8+. The van der Waals surface area contributed by atoms with Crippen LogP contribution in [0.25, 0.3) is 12.2 Å². The molecule has 5 nitrogen and oxygen atoms in total. The first kappa shape index (κ1) is 23.1. The van der Waals surface area contributed by atoms with Gasteiger partial charge in [0.15, 0.2) is 11.5 Å². The summed E-state index contributed by atoms with van der Waals surface area (Å²) in [6.07, 6.45) is 9.52. The van der Waals surface area contributed by atoms with E-state index in [4.69, 9.17) is 26.4 Å².